The Kier molecular flexibility index (Phi) is 5.72. The van der Waals surface area contributed by atoms with Gasteiger partial charge in [-0.25, -0.2) is 19.0 Å². The van der Waals surface area contributed by atoms with E-state index in [4.69, 9.17) is 9.72 Å². The summed E-state index contributed by atoms with van der Waals surface area (Å²) < 4.78 is 23.3. The van der Waals surface area contributed by atoms with Crippen LogP contribution in [0.2, 0.25) is 0 Å². The molecule has 0 bridgehead atoms. The average molecular weight is 498 g/mol. The van der Waals surface area contributed by atoms with Gasteiger partial charge in [0, 0.05) is 36.0 Å². The van der Waals surface area contributed by atoms with E-state index >= 15 is 0 Å². The fourth-order valence-corrected chi connectivity index (χ4v) is 4.40. The van der Waals surface area contributed by atoms with Crippen LogP contribution in [0.1, 0.15) is 30.1 Å². The number of aromatic nitrogens is 7. The Labute approximate surface area is 212 Å². The van der Waals surface area contributed by atoms with Crippen LogP contribution < -0.4 is 4.74 Å². The minimum absolute atomic E-state index is 0.176. The molecule has 1 aliphatic rings. The number of aryl methyl sites for hydroxylation is 1. The first-order chi connectivity index (χ1) is 18.0. The number of methoxy groups -OCH3 is 1. The molecule has 1 aliphatic carbocycles. The van der Waals surface area contributed by atoms with Gasteiger partial charge in [0.2, 0.25) is 0 Å². The van der Waals surface area contributed by atoms with Gasteiger partial charge in [-0.2, -0.15) is 5.10 Å². The van der Waals surface area contributed by atoms with E-state index in [-0.39, 0.29) is 12.4 Å². The number of pyridine rings is 2. The number of hydrogen-bond acceptors (Lipinski definition) is 7. The van der Waals surface area contributed by atoms with Gasteiger partial charge in [-0.1, -0.05) is 6.07 Å². The first kappa shape index (κ1) is 23.0. The third-order valence-electron chi connectivity index (χ3n) is 6.46. The average Bonchev–Trinajstić information content (AvgIpc) is 3.50. The van der Waals surface area contributed by atoms with Crippen molar-refractivity contribution in [3.05, 3.63) is 78.4 Å². The zero-order valence-electron chi connectivity index (χ0n) is 20.3. The summed E-state index contributed by atoms with van der Waals surface area (Å²) >= 11 is 0. The Morgan fingerprint density at radius 3 is 2.65 bits per heavy atom. The van der Waals surface area contributed by atoms with Crippen LogP contribution in [0.3, 0.4) is 0 Å². The minimum atomic E-state index is -0.346. The second-order valence-electron chi connectivity index (χ2n) is 9.05. The molecular weight excluding hydrogens is 473 g/mol. The Morgan fingerprint density at radius 2 is 1.92 bits per heavy atom. The zero-order chi connectivity index (χ0) is 25.5. The number of aliphatic hydroxyl groups is 1. The van der Waals surface area contributed by atoms with Gasteiger partial charge in [-0.05, 0) is 60.4 Å². The molecule has 4 heterocycles. The number of rotatable bonds is 7. The SMILES string of the molecule is COc1ccc(CO)nc1-c1cnn(-c2cc(-c3ccc(F)cc3-c3nncn3C)cc(C3CC3)n2)c1. The number of benzene rings is 1. The quantitative estimate of drug-likeness (QED) is 0.357. The monoisotopic (exact) mass is 497 g/mol. The summed E-state index contributed by atoms with van der Waals surface area (Å²) in [4.78, 5) is 9.42. The summed E-state index contributed by atoms with van der Waals surface area (Å²) in [5.41, 5.74) is 5.18. The van der Waals surface area contributed by atoms with E-state index in [0.717, 1.165) is 35.2 Å². The van der Waals surface area contributed by atoms with Crippen molar-refractivity contribution < 1.29 is 14.2 Å². The van der Waals surface area contributed by atoms with Gasteiger partial charge in [-0.3, -0.25) is 0 Å². The van der Waals surface area contributed by atoms with Gasteiger partial charge in [0.1, 0.15) is 23.6 Å². The Bertz CT molecular complexity index is 1610. The van der Waals surface area contributed by atoms with Crippen LogP contribution in [0.25, 0.3) is 39.6 Å². The number of ether oxygens (including phenoxy) is 1. The van der Waals surface area contributed by atoms with E-state index in [1.54, 1.807) is 47.1 Å². The molecular formula is C27H24FN7O2. The molecule has 1 fully saturated rings. The lowest BCUT2D eigenvalue weighted by atomic mass is 9.98. The second kappa shape index (κ2) is 9.21. The molecule has 0 spiro atoms. The van der Waals surface area contributed by atoms with Gasteiger partial charge in [0.25, 0.3) is 0 Å². The van der Waals surface area contributed by atoms with Crippen LogP contribution >= 0.6 is 0 Å². The Morgan fingerprint density at radius 1 is 1.05 bits per heavy atom. The van der Waals surface area contributed by atoms with Crippen LogP contribution in [0.15, 0.2) is 61.2 Å². The highest BCUT2D eigenvalue weighted by molar-refractivity contribution is 5.81. The molecule has 4 aromatic heterocycles. The standard InChI is InChI=1S/C27H24FN7O2/c1-34-15-29-33-27(34)22-11-19(28)5-7-21(22)17-9-23(16-3-4-16)32-25(10-17)35-13-18(12-30-35)26-24(37-2)8-6-20(14-36)31-26/h5-13,15-16,36H,3-4,14H2,1-2H3. The van der Waals surface area contributed by atoms with E-state index in [1.807, 2.05) is 19.3 Å². The third-order valence-corrected chi connectivity index (χ3v) is 6.46. The van der Waals surface area contributed by atoms with E-state index in [2.05, 4.69) is 26.3 Å². The van der Waals surface area contributed by atoms with Crippen LogP contribution in [0, 0.1) is 5.82 Å². The highest BCUT2D eigenvalue weighted by Gasteiger charge is 2.27. The van der Waals surface area contributed by atoms with Crippen LogP contribution in [-0.2, 0) is 13.7 Å². The molecule has 0 atom stereocenters. The lowest BCUT2D eigenvalue weighted by Gasteiger charge is -2.13. The van der Waals surface area contributed by atoms with Gasteiger partial charge in [-0.15, -0.1) is 10.2 Å². The van der Waals surface area contributed by atoms with Crippen molar-refractivity contribution in [2.45, 2.75) is 25.4 Å². The third kappa shape index (κ3) is 4.36. The highest BCUT2D eigenvalue weighted by Crippen LogP contribution is 2.42. The molecule has 1 saturated carbocycles. The molecule has 6 rings (SSSR count). The molecule has 10 heteroatoms. The van der Waals surface area contributed by atoms with Crippen molar-refractivity contribution in [2.24, 2.45) is 7.05 Å². The smallest absolute Gasteiger partial charge is 0.164 e. The van der Waals surface area contributed by atoms with Gasteiger partial charge < -0.3 is 14.4 Å². The molecule has 9 nitrogen and oxygen atoms in total. The largest absolute Gasteiger partial charge is 0.494 e. The van der Waals surface area contributed by atoms with Crippen molar-refractivity contribution in [2.75, 3.05) is 7.11 Å². The number of hydrogen-bond donors (Lipinski definition) is 1. The van der Waals surface area contributed by atoms with Gasteiger partial charge >= 0.3 is 0 Å². The zero-order valence-corrected chi connectivity index (χ0v) is 20.3. The minimum Gasteiger partial charge on any atom is -0.494 e. The maximum absolute atomic E-state index is 14.3. The van der Waals surface area contributed by atoms with Crippen molar-refractivity contribution in [3.8, 4) is 45.3 Å². The summed E-state index contributed by atoms with van der Waals surface area (Å²) in [6, 6.07) is 12.2. The molecule has 0 unspecified atom stereocenters. The number of halogens is 1. The van der Waals surface area contributed by atoms with Crippen LogP contribution in [0.4, 0.5) is 4.39 Å². The van der Waals surface area contributed by atoms with Crippen LogP contribution in [0.5, 0.6) is 5.75 Å². The first-order valence-corrected chi connectivity index (χ1v) is 11.9. The summed E-state index contributed by atoms with van der Waals surface area (Å²) in [7, 11) is 3.41. The topological polar surface area (TPSA) is 104 Å². The van der Waals surface area contributed by atoms with E-state index in [1.165, 1.54) is 12.1 Å². The van der Waals surface area contributed by atoms with Gasteiger partial charge in [0.15, 0.2) is 11.6 Å². The molecule has 5 aromatic rings. The fraction of sp³-hybridized carbons (Fsp3) is 0.222. The maximum Gasteiger partial charge on any atom is 0.164 e. The molecule has 1 N–H and O–H groups in total. The van der Waals surface area contributed by atoms with E-state index in [0.29, 0.717) is 40.3 Å². The maximum atomic E-state index is 14.3. The summed E-state index contributed by atoms with van der Waals surface area (Å²) in [6.07, 6.45) is 7.28. The van der Waals surface area contributed by atoms with Crippen LogP contribution in [-0.4, -0.2) is 46.7 Å². The first-order valence-electron chi connectivity index (χ1n) is 11.9. The fourth-order valence-electron chi connectivity index (χ4n) is 4.40. The summed E-state index contributed by atoms with van der Waals surface area (Å²) in [5, 5.41) is 22.3. The van der Waals surface area contributed by atoms with Crippen molar-refractivity contribution in [1.82, 2.24) is 34.5 Å². The Hall–Kier alpha value is -4.44. The number of nitrogens with zero attached hydrogens (tertiary/aromatic N) is 7. The molecule has 37 heavy (non-hydrogen) atoms. The molecule has 0 saturated heterocycles. The van der Waals surface area contributed by atoms with E-state index in [9.17, 15) is 9.50 Å². The lowest BCUT2D eigenvalue weighted by molar-refractivity contribution is 0.276. The normalized spacial score (nSPS) is 13.2. The predicted molar refractivity (Wildman–Crippen MR) is 134 cm³/mol. The van der Waals surface area contributed by atoms with E-state index < -0.39 is 0 Å². The summed E-state index contributed by atoms with van der Waals surface area (Å²) in [6.45, 7) is -0.176. The molecule has 186 valence electrons. The van der Waals surface area contributed by atoms with Crippen molar-refractivity contribution >= 4 is 0 Å². The van der Waals surface area contributed by atoms with Crippen molar-refractivity contribution in [1.29, 1.82) is 0 Å². The predicted octanol–water partition coefficient (Wildman–Crippen LogP) is 4.31. The molecule has 1 aromatic carbocycles. The highest BCUT2D eigenvalue weighted by atomic mass is 19.1. The molecule has 0 amide bonds. The summed E-state index contributed by atoms with van der Waals surface area (Å²) in [5.74, 6) is 1.83. The lowest BCUT2D eigenvalue weighted by Crippen LogP contribution is -2.02. The Balaban J connectivity index is 1.47. The molecule has 0 radical (unpaired) electrons. The number of aliphatic hydroxyl groups excluding tert-OH is 1. The van der Waals surface area contributed by atoms with Gasteiger partial charge in [0.05, 0.1) is 25.6 Å². The second-order valence-corrected chi connectivity index (χ2v) is 9.05. The van der Waals surface area contributed by atoms with Crippen molar-refractivity contribution in [3.63, 3.8) is 0 Å². The molecule has 0 aliphatic heterocycles.